The molecule has 5 nitrogen and oxygen atoms in total. The van der Waals surface area contributed by atoms with Gasteiger partial charge in [0.05, 0.1) is 41.8 Å². The molecule has 0 bridgehead atoms. The van der Waals surface area contributed by atoms with Gasteiger partial charge in [-0.05, 0) is 19.1 Å². The Morgan fingerprint density at radius 1 is 1.30 bits per heavy atom. The first-order valence-electron chi connectivity index (χ1n) is 6.01. The van der Waals surface area contributed by atoms with Gasteiger partial charge in [0.25, 0.3) is 0 Å². The second kappa shape index (κ2) is 7.69. The van der Waals surface area contributed by atoms with Crippen LogP contribution in [0.25, 0.3) is 0 Å². The van der Waals surface area contributed by atoms with E-state index in [0.29, 0.717) is 15.8 Å². The zero-order valence-corrected chi connectivity index (χ0v) is 12.5. The van der Waals surface area contributed by atoms with Crippen LogP contribution >= 0.6 is 23.2 Å². The molecule has 0 fully saturated rings. The van der Waals surface area contributed by atoms with E-state index in [2.05, 4.69) is 5.32 Å². The molecule has 112 valence electrons. The number of rotatable bonds is 7. The smallest absolute Gasteiger partial charge is 0.224 e. The predicted molar refractivity (Wildman–Crippen MR) is 77.3 cm³/mol. The molecule has 0 unspecified atom stereocenters. The lowest BCUT2D eigenvalue weighted by Crippen LogP contribution is -2.51. The maximum Gasteiger partial charge on any atom is 0.224 e. The summed E-state index contributed by atoms with van der Waals surface area (Å²) in [6, 6.07) is 4.82. The highest BCUT2D eigenvalue weighted by Gasteiger charge is 2.24. The highest BCUT2D eigenvalue weighted by molar-refractivity contribution is 6.42. The van der Waals surface area contributed by atoms with Crippen molar-refractivity contribution in [3.8, 4) is 5.75 Å². The molecule has 0 radical (unpaired) electrons. The summed E-state index contributed by atoms with van der Waals surface area (Å²) in [5, 5.41) is 21.5. The summed E-state index contributed by atoms with van der Waals surface area (Å²) in [5.41, 5.74) is -1.03. The molecule has 0 aliphatic carbocycles. The number of hydrogen-bond acceptors (Lipinski definition) is 4. The van der Waals surface area contributed by atoms with Crippen LogP contribution in [0.2, 0.25) is 10.0 Å². The van der Waals surface area contributed by atoms with Gasteiger partial charge >= 0.3 is 0 Å². The van der Waals surface area contributed by atoms with E-state index in [9.17, 15) is 4.79 Å². The van der Waals surface area contributed by atoms with Crippen LogP contribution in [0.5, 0.6) is 5.75 Å². The zero-order valence-electron chi connectivity index (χ0n) is 11.0. The molecule has 0 aromatic heterocycles. The number of ether oxygens (including phenoxy) is 1. The number of aliphatic hydroxyl groups excluding tert-OH is 2. The van der Waals surface area contributed by atoms with Gasteiger partial charge in [-0.2, -0.15) is 0 Å². The molecule has 3 N–H and O–H groups in total. The minimum Gasteiger partial charge on any atom is -0.493 e. The first kappa shape index (κ1) is 17.0. The minimum atomic E-state index is -1.03. The summed E-state index contributed by atoms with van der Waals surface area (Å²) in [6.07, 6.45) is 0.0931. The van der Waals surface area contributed by atoms with Crippen molar-refractivity contribution < 1.29 is 19.7 Å². The van der Waals surface area contributed by atoms with Crippen molar-refractivity contribution >= 4 is 29.1 Å². The number of amides is 1. The molecular weight excluding hydrogens is 305 g/mol. The Morgan fingerprint density at radius 2 is 1.95 bits per heavy atom. The Labute approximate surface area is 127 Å². The lowest BCUT2D eigenvalue weighted by Gasteiger charge is -2.26. The average Bonchev–Trinajstić information content (AvgIpc) is 2.42. The highest BCUT2D eigenvalue weighted by Crippen LogP contribution is 2.26. The standard InChI is InChI=1S/C13H17Cl2NO4/c1-13(7-17,8-18)16-12(19)4-5-20-9-2-3-10(14)11(15)6-9/h2-3,6,17-18H,4-5,7-8H2,1H3,(H,16,19). The van der Waals surface area contributed by atoms with Crippen LogP contribution in [0.4, 0.5) is 0 Å². The van der Waals surface area contributed by atoms with E-state index in [1.54, 1.807) is 25.1 Å². The van der Waals surface area contributed by atoms with Crippen LogP contribution < -0.4 is 10.1 Å². The number of benzene rings is 1. The van der Waals surface area contributed by atoms with Gasteiger partial charge < -0.3 is 20.3 Å². The molecule has 0 spiro atoms. The Balaban J connectivity index is 2.40. The molecule has 1 rings (SSSR count). The number of carbonyl (C=O) groups excluding carboxylic acids is 1. The van der Waals surface area contributed by atoms with Crippen LogP contribution in [0, 0.1) is 0 Å². The number of carbonyl (C=O) groups is 1. The molecule has 0 aliphatic rings. The molecule has 1 amide bonds. The van der Waals surface area contributed by atoms with Gasteiger partial charge in [0, 0.05) is 6.07 Å². The van der Waals surface area contributed by atoms with Crippen LogP contribution in [0.1, 0.15) is 13.3 Å². The topological polar surface area (TPSA) is 78.8 Å². The molecule has 0 atom stereocenters. The Kier molecular flexibility index (Phi) is 6.55. The number of aliphatic hydroxyl groups is 2. The first-order valence-corrected chi connectivity index (χ1v) is 6.76. The Bertz CT molecular complexity index is 464. The maximum atomic E-state index is 11.6. The average molecular weight is 322 g/mol. The Hall–Kier alpha value is -1.01. The monoisotopic (exact) mass is 321 g/mol. The van der Waals surface area contributed by atoms with Gasteiger partial charge in [0.15, 0.2) is 0 Å². The lowest BCUT2D eigenvalue weighted by molar-refractivity contribution is -0.124. The molecule has 1 aromatic carbocycles. The summed E-state index contributed by atoms with van der Waals surface area (Å²) in [5.74, 6) is 0.190. The van der Waals surface area contributed by atoms with E-state index in [1.807, 2.05) is 0 Å². The van der Waals surface area contributed by atoms with Crippen molar-refractivity contribution in [1.82, 2.24) is 5.32 Å². The van der Waals surface area contributed by atoms with E-state index < -0.39 is 5.54 Å². The van der Waals surface area contributed by atoms with Crippen molar-refractivity contribution in [2.24, 2.45) is 0 Å². The van der Waals surface area contributed by atoms with Crippen LogP contribution in [-0.4, -0.2) is 41.5 Å². The highest BCUT2D eigenvalue weighted by atomic mass is 35.5. The minimum absolute atomic E-state index is 0.0931. The second-order valence-electron chi connectivity index (χ2n) is 4.60. The first-order chi connectivity index (χ1) is 9.40. The second-order valence-corrected chi connectivity index (χ2v) is 5.41. The number of nitrogens with one attached hydrogen (secondary N) is 1. The van der Waals surface area contributed by atoms with E-state index in [0.717, 1.165) is 0 Å². The fourth-order valence-corrected chi connectivity index (χ4v) is 1.64. The fraction of sp³-hybridized carbons (Fsp3) is 0.462. The summed E-state index contributed by atoms with van der Waals surface area (Å²) in [6.45, 7) is 1.01. The van der Waals surface area contributed by atoms with E-state index >= 15 is 0 Å². The van der Waals surface area contributed by atoms with Crippen molar-refractivity contribution in [3.63, 3.8) is 0 Å². The Morgan fingerprint density at radius 3 is 2.50 bits per heavy atom. The van der Waals surface area contributed by atoms with E-state index in [-0.39, 0.29) is 32.1 Å². The molecule has 0 heterocycles. The third kappa shape index (κ3) is 5.17. The molecule has 0 saturated heterocycles. The molecule has 0 saturated carbocycles. The molecule has 7 heteroatoms. The SMILES string of the molecule is CC(CO)(CO)NC(=O)CCOc1ccc(Cl)c(Cl)c1. The predicted octanol–water partition coefficient (Wildman–Crippen LogP) is 1.62. The van der Waals surface area contributed by atoms with Crippen molar-refractivity contribution in [2.75, 3.05) is 19.8 Å². The van der Waals surface area contributed by atoms with Crippen LogP contribution in [-0.2, 0) is 4.79 Å². The van der Waals surface area contributed by atoms with Crippen LogP contribution in [0.15, 0.2) is 18.2 Å². The summed E-state index contributed by atoms with van der Waals surface area (Å²) >= 11 is 11.6. The van der Waals surface area contributed by atoms with Crippen LogP contribution in [0.3, 0.4) is 0 Å². The van der Waals surface area contributed by atoms with Gasteiger partial charge in [0.1, 0.15) is 5.75 Å². The van der Waals surface area contributed by atoms with Crippen molar-refractivity contribution in [1.29, 1.82) is 0 Å². The fourth-order valence-electron chi connectivity index (χ4n) is 1.36. The van der Waals surface area contributed by atoms with E-state index in [1.165, 1.54) is 0 Å². The third-order valence-electron chi connectivity index (χ3n) is 2.63. The maximum absolute atomic E-state index is 11.6. The van der Waals surface area contributed by atoms with Crippen molar-refractivity contribution in [2.45, 2.75) is 18.9 Å². The van der Waals surface area contributed by atoms with Gasteiger partial charge in [-0.25, -0.2) is 0 Å². The van der Waals surface area contributed by atoms with E-state index in [4.69, 9.17) is 38.2 Å². The van der Waals surface area contributed by atoms with Crippen molar-refractivity contribution in [3.05, 3.63) is 28.2 Å². The summed E-state index contributed by atoms with van der Waals surface area (Å²) in [4.78, 5) is 11.6. The number of hydrogen-bond donors (Lipinski definition) is 3. The molecule has 0 aliphatic heterocycles. The normalized spacial score (nSPS) is 11.2. The van der Waals surface area contributed by atoms with Gasteiger partial charge in [-0.1, -0.05) is 23.2 Å². The summed E-state index contributed by atoms with van der Waals surface area (Å²) in [7, 11) is 0. The van der Waals surface area contributed by atoms with Gasteiger partial charge in [-0.15, -0.1) is 0 Å². The molecular formula is C13H17Cl2NO4. The van der Waals surface area contributed by atoms with Gasteiger partial charge in [0.2, 0.25) is 5.91 Å². The van der Waals surface area contributed by atoms with Gasteiger partial charge in [-0.3, -0.25) is 4.79 Å². The summed E-state index contributed by atoms with van der Waals surface area (Å²) < 4.78 is 5.37. The number of halogens is 2. The quantitative estimate of drug-likeness (QED) is 0.713. The lowest BCUT2D eigenvalue weighted by atomic mass is 10.1. The molecule has 1 aromatic rings. The molecule has 20 heavy (non-hydrogen) atoms. The largest absolute Gasteiger partial charge is 0.493 e. The zero-order chi connectivity index (χ0) is 15.2. The third-order valence-corrected chi connectivity index (χ3v) is 3.37.